The van der Waals surface area contributed by atoms with Crippen LogP contribution in [0.3, 0.4) is 0 Å². The fourth-order valence-electron chi connectivity index (χ4n) is 2.92. The molecule has 4 rings (SSSR count). The van der Waals surface area contributed by atoms with Crippen molar-refractivity contribution < 1.29 is 4.84 Å². The fraction of sp³-hybridized carbons (Fsp3) is 0.316. The Hall–Kier alpha value is -3.09. The summed E-state index contributed by atoms with van der Waals surface area (Å²) in [5, 5.41) is 12.5. The standard InChI is InChI=1S/C19H20N6O/c1-3-16-8-17(26-23-16)11-25-12-18(22-24-25)15-9-20-19(21-10-15)14-6-4-5-13(2)7-14/h4-7,9-10,12,17H,3,8,11H2,1-2H3/t17-/m1/s1. The molecule has 0 unspecified atom stereocenters. The van der Waals surface area contributed by atoms with Crippen LogP contribution < -0.4 is 0 Å². The van der Waals surface area contributed by atoms with Crippen LogP contribution in [0.15, 0.2) is 48.0 Å². The van der Waals surface area contributed by atoms with Gasteiger partial charge in [0.15, 0.2) is 11.9 Å². The summed E-state index contributed by atoms with van der Waals surface area (Å²) in [4.78, 5) is 14.4. The molecule has 0 saturated heterocycles. The topological polar surface area (TPSA) is 78.1 Å². The highest BCUT2D eigenvalue weighted by molar-refractivity contribution is 5.85. The molecule has 0 spiro atoms. The van der Waals surface area contributed by atoms with Gasteiger partial charge in [0, 0.05) is 29.9 Å². The summed E-state index contributed by atoms with van der Waals surface area (Å²) in [7, 11) is 0. The van der Waals surface area contributed by atoms with Gasteiger partial charge < -0.3 is 4.84 Å². The maximum atomic E-state index is 5.42. The Morgan fingerprint density at radius 3 is 2.77 bits per heavy atom. The van der Waals surface area contributed by atoms with Crippen LogP contribution in [0.5, 0.6) is 0 Å². The number of aryl methyl sites for hydroxylation is 1. The van der Waals surface area contributed by atoms with Gasteiger partial charge in [0.25, 0.3) is 0 Å². The third-order valence-electron chi connectivity index (χ3n) is 4.36. The molecule has 0 fully saturated rings. The smallest absolute Gasteiger partial charge is 0.159 e. The molecular weight excluding hydrogens is 328 g/mol. The van der Waals surface area contributed by atoms with Crippen LogP contribution in [0.4, 0.5) is 0 Å². The minimum Gasteiger partial charge on any atom is -0.390 e. The quantitative estimate of drug-likeness (QED) is 0.707. The minimum atomic E-state index is 0.0273. The van der Waals surface area contributed by atoms with Gasteiger partial charge in [-0.3, -0.25) is 0 Å². The Balaban J connectivity index is 1.46. The van der Waals surface area contributed by atoms with E-state index in [1.54, 1.807) is 17.1 Å². The van der Waals surface area contributed by atoms with E-state index in [0.29, 0.717) is 12.4 Å². The Bertz CT molecular complexity index is 931. The van der Waals surface area contributed by atoms with Gasteiger partial charge in [0.2, 0.25) is 0 Å². The van der Waals surface area contributed by atoms with E-state index < -0.39 is 0 Å². The molecule has 1 aliphatic rings. The van der Waals surface area contributed by atoms with Crippen LogP contribution in [0.1, 0.15) is 25.3 Å². The highest BCUT2D eigenvalue weighted by atomic mass is 16.6. The van der Waals surface area contributed by atoms with Crippen LogP contribution in [0.2, 0.25) is 0 Å². The Labute approximate surface area is 151 Å². The molecule has 132 valence electrons. The fourth-order valence-corrected chi connectivity index (χ4v) is 2.92. The van der Waals surface area contributed by atoms with E-state index in [2.05, 4.69) is 51.4 Å². The molecule has 1 aromatic carbocycles. The molecule has 7 heteroatoms. The number of oxime groups is 1. The number of aromatic nitrogens is 5. The zero-order valence-corrected chi connectivity index (χ0v) is 14.8. The molecular formula is C19H20N6O. The van der Waals surface area contributed by atoms with E-state index >= 15 is 0 Å². The molecule has 3 heterocycles. The molecule has 26 heavy (non-hydrogen) atoms. The van der Waals surface area contributed by atoms with Gasteiger partial charge in [-0.2, -0.15) is 0 Å². The summed E-state index contributed by atoms with van der Waals surface area (Å²) >= 11 is 0. The lowest BCUT2D eigenvalue weighted by atomic mass is 10.1. The third kappa shape index (κ3) is 3.46. The van der Waals surface area contributed by atoms with Crippen LogP contribution in [0, 0.1) is 6.92 Å². The normalized spacial score (nSPS) is 16.4. The van der Waals surface area contributed by atoms with Gasteiger partial charge in [-0.25, -0.2) is 14.6 Å². The number of nitrogens with zero attached hydrogens (tertiary/aromatic N) is 6. The van der Waals surface area contributed by atoms with Crippen molar-refractivity contribution in [1.29, 1.82) is 0 Å². The van der Waals surface area contributed by atoms with Crippen molar-refractivity contribution in [3.05, 3.63) is 48.4 Å². The summed E-state index contributed by atoms with van der Waals surface area (Å²) < 4.78 is 1.78. The largest absolute Gasteiger partial charge is 0.390 e. The molecule has 1 atom stereocenters. The second kappa shape index (κ2) is 7.03. The first-order valence-corrected chi connectivity index (χ1v) is 8.72. The number of hydrogen-bond donors (Lipinski definition) is 0. The lowest BCUT2D eigenvalue weighted by Crippen LogP contribution is -2.16. The van der Waals surface area contributed by atoms with Gasteiger partial charge in [-0.15, -0.1) is 5.10 Å². The van der Waals surface area contributed by atoms with E-state index in [0.717, 1.165) is 35.4 Å². The van der Waals surface area contributed by atoms with Gasteiger partial charge in [-0.05, 0) is 19.4 Å². The lowest BCUT2D eigenvalue weighted by Gasteiger charge is -2.06. The SMILES string of the molecule is CCC1=NO[C@@H](Cn2cc(-c3cnc(-c4cccc(C)c4)nc3)nn2)C1. The average molecular weight is 348 g/mol. The van der Waals surface area contributed by atoms with Crippen LogP contribution >= 0.6 is 0 Å². The lowest BCUT2D eigenvalue weighted by molar-refractivity contribution is 0.0693. The van der Waals surface area contributed by atoms with Crippen molar-refractivity contribution in [1.82, 2.24) is 25.0 Å². The predicted molar refractivity (Wildman–Crippen MR) is 98.4 cm³/mol. The zero-order chi connectivity index (χ0) is 17.9. The number of hydrogen-bond acceptors (Lipinski definition) is 6. The van der Waals surface area contributed by atoms with Crippen molar-refractivity contribution >= 4 is 5.71 Å². The first-order valence-electron chi connectivity index (χ1n) is 8.72. The molecule has 1 aliphatic heterocycles. The molecule has 0 saturated carbocycles. The molecule has 0 radical (unpaired) electrons. The van der Waals surface area contributed by atoms with Gasteiger partial charge in [-0.1, -0.05) is 41.1 Å². The summed E-state index contributed by atoms with van der Waals surface area (Å²) in [5.41, 5.74) is 4.86. The Kier molecular flexibility index (Phi) is 4.43. The second-order valence-corrected chi connectivity index (χ2v) is 6.43. The first-order chi connectivity index (χ1) is 12.7. The second-order valence-electron chi connectivity index (χ2n) is 6.43. The van der Waals surface area contributed by atoms with E-state index in [4.69, 9.17) is 4.84 Å². The first kappa shape index (κ1) is 16.4. The van der Waals surface area contributed by atoms with Crippen molar-refractivity contribution in [2.75, 3.05) is 0 Å². The van der Waals surface area contributed by atoms with Gasteiger partial charge >= 0.3 is 0 Å². The molecule has 3 aromatic rings. The monoisotopic (exact) mass is 348 g/mol. The highest BCUT2D eigenvalue weighted by Crippen LogP contribution is 2.20. The van der Waals surface area contributed by atoms with E-state index in [1.165, 1.54) is 5.56 Å². The van der Waals surface area contributed by atoms with Gasteiger partial charge in [0.1, 0.15) is 5.69 Å². The maximum absolute atomic E-state index is 5.42. The van der Waals surface area contributed by atoms with E-state index in [1.807, 2.05) is 18.3 Å². The maximum Gasteiger partial charge on any atom is 0.159 e. The van der Waals surface area contributed by atoms with Crippen molar-refractivity contribution in [3.8, 4) is 22.6 Å². The highest BCUT2D eigenvalue weighted by Gasteiger charge is 2.21. The van der Waals surface area contributed by atoms with Gasteiger partial charge in [0.05, 0.1) is 18.5 Å². The molecule has 2 aromatic heterocycles. The minimum absolute atomic E-state index is 0.0273. The summed E-state index contributed by atoms with van der Waals surface area (Å²) in [6.07, 6.45) is 7.24. The number of rotatable bonds is 5. The zero-order valence-electron chi connectivity index (χ0n) is 14.8. The van der Waals surface area contributed by atoms with Crippen molar-refractivity contribution in [2.24, 2.45) is 5.16 Å². The van der Waals surface area contributed by atoms with E-state index in [-0.39, 0.29) is 6.10 Å². The average Bonchev–Trinajstić information content (AvgIpc) is 3.32. The van der Waals surface area contributed by atoms with Crippen LogP contribution in [-0.4, -0.2) is 36.8 Å². The molecule has 0 amide bonds. The third-order valence-corrected chi connectivity index (χ3v) is 4.36. The van der Waals surface area contributed by atoms with E-state index in [9.17, 15) is 0 Å². The molecule has 0 N–H and O–H groups in total. The van der Waals surface area contributed by atoms with Crippen molar-refractivity contribution in [2.45, 2.75) is 39.3 Å². The van der Waals surface area contributed by atoms with Crippen LogP contribution in [-0.2, 0) is 11.4 Å². The predicted octanol–water partition coefficient (Wildman–Crippen LogP) is 3.27. The molecule has 7 nitrogen and oxygen atoms in total. The molecule has 0 aliphatic carbocycles. The number of benzene rings is 1. The summed E-state index contributed by atoms with van der Waals surface area (Å²) in [5.74, 6) is 0.702. The Morgan fingerprint density at radius 1 is 1.19 bits per heavy atom. The van der Waals surface area contributed by atoms with Crippen molar-refractivity contribution in [3.63, 3.8) is 0 Å². The van der Waals surface area contributed by atoms with Crippen LogP contribution in [0.25, 0.3) is 22.6 Å². The Morgan fingerprint density at radius 2 is 2.04 bits per heavy atom. The summed E-state index contributed by atoms with van der Waals surface area (Å²) in [6.45, 7) is 4.76. The molecule has 0 bridgehead atoms. The summed E-state index contributed by atoms with van der Waals surface area (Å²) in [6, 6.07) is 8.14.